The molecule has 0 amide bonds. The molecule has 0 aromatic heterocycles. The third kappa shape index (κ3) is 3.09. The van der Waals surface area contributed by atoms with Gasteiger partial charge in [-0.25, -0.2) is 0 Å². The number of hydrogen-bond acceptors (Lipinski definition) is 3. The Labute approximate surface area is 123 Å². The molecule has 0 atom stereocenters. The molecule has 3 nitrogen and oxygen atoms in total. The molecule has 3 heteroatoms. The second-order valence-electron chi connectivity index (χ2n) is 5.53. The normalized spacial score (nSPS) is 17.4. The molecule has 0 saturated carbocycles. The van der Waals surface area contributed by atoms with Crippen LogP contribution in [0.3, 0.4) is 0 Å². The fourth-order valence-electron chi connectivity index (χ4n) is 3.02. The molecule has 3 rings (SSSR count). The first-order chi connectivity index (χ1) is 9.38. The lowest BCUT2D eigenvalue weighted by Gasteiger charge is -2.32. The van der Waals surface area contributed by atoms with Crippen molar-refractivity contribution in [3.63, 3.8) is 0 Å². The number of benzene rings is 1. The van der Waals surface area contributed by atoms with Gasteiger partial charge in [-0.3, -0.25) is 0 Å². The quantitative estimate of drug-likeness (QED) is 0.918. The summed E-state index contributed by atoms with van der Waals surface area (Å²) in [5, 5.41) is 3.48. The Hall–Kier alpha value is -1.22. The minimum Gasteiger partial charge on any atom is -0.490 e. The van der Waals surface area contributed by atoms with Crippen molar-refractivity contribution in [2.45, 2.75) is 40.0 Å². The van der Waals surface area contributed by atoms with Crippen molar-refractivity contribution in [1.29, 1.82) is 0 Å². The van der Waals surface area contributed by atoms with Crippen LogP contribution in [0.2, 0.25) is 0 Å². The second kappa shape index (κ2) is 6.98. The van der Waals surface area contributed by atoms with Crippen LogP contribution in [0.25, 0.3) is 0 Å². The number of rotatable bonds is 3. The predicted molar refractivity (Wildman–Crippen MR) is 86.1 cm³/mol. The number of nitrogens with one attached hydrogen (secondary N) is 1. The highest BCUT2D eigenvalue weighted by molar-refractivity contribution is 5.63. The average Bonchev–Trinajstić information content (AvgIpc) is 2.67. The van der Waals surface area contributed by atoms with Crippen molar-refractivity contribution in [1.82, 2.24) is 5.32 Å². The monoisotopic (exact) mass is 276 g/mol. The van der Waals surface area contributed by atoms with E-state index in [2.05, 4.69) is 29.3 Å². The Kier molecular flexibility index (Phi) is 5.30. The lowest BCUT2D eigenvalue weighted by Crippen LogP contribution is -2.33. The number of nitrogens with zero attached hydrogens (tertiary/aromatic N) is 1. The number of anilines is 1. The molecule has 0 unspecified atom stereocenters. The zero-order chi connectivity index (χ0) is 13.1. The molecule has 1 N–H and O–H groups in total. The Morgan fingerprint density at radius 2 is 1.95 bits per heavy atom. The third-order valence-electron chi connectivity index (χ3n) is 4.16. The van der Waals surface area contributed by atoms with E-state index in [0.717, 1.165) is 51.4 Å². The second-order valence-corrected chi connectivity index (χ2v) is 5.53. The summed E-state index contributed by atoms with van der Waals surface area (Å²) in [5.41, 5.74) is 4.30. The summed E-state index contributed by atoms with van der Waals surface area (Å²) in [4.78, 5) is 2.50. The lowest BCUT2D eigenvalue weighted by molar-refractivity contribution is 0.306. The molecule has 2 heterocycles. The van der Waals surface area contributed by atoms with Crippen LogP contribution in [0.15, 0.2) is 12.1 Å². The van der Waals surface area contributed by atoms with Crippen LogP contribution >= 0.6 is 0 Å². The number of unbranched alkanes of at least 4 members (excludes halogenated alkanes) is 1. The van der Waals surface area contributed by atoms with E-state index >= 15 is 0 Å². The first kappa shape index (κ1) is 15.2. The van der Waals surface area contributed by atoms with E-state index in [0.29, 0.717) is 0 Å². The van der Waals surface area contributed by atoms with Crippen LogP contribution in [0, 0.1) is 0 Å². The van der Waals surface area contributed by atoms with Gasteiger partial charge >= 0.3 is 0 Å². The lowest BCUT2D eigenvalue weighted by atomic mass is 10.0. The van der Waals surface area contributed by atoms with Gasteiger partial charge in [0, 0.05) is 6.54 Å². The first-order valence-electron chi connectivity index (χ1n) is 7.62. The molecule has 2 aliphatic heterocycles. The van der Waals surface area contributed by atoms with Crippen LogP contribution in [0.4, 0.5) is 5.69 Å². The van der Waals surface area contributed by atoms with Gasteiger partial charge in [-0.15, -0.1) is 0 Å². The van der Waals surface area contributed by atoms with Crippen LogP contribution in [0.5, 0.6) is 5.75 Å². The fraction of sp³-hybridized carbons (Fsp3) is 0.647. The maximum absolute atomic E-state index is 5.88. The smallest absolute Gasteiger partial charge is 0.142 e. The Morgan fingerprint density at radius 1 is 1.20 bits per heavy atom. The highest BCUT2D eigenvalue weighted by Crippen LogP contribution is 2.35. The number of fused-ring (bicyclic) bond motifs is 2. The Morgan fingerprint density at radius 3 is 2.70 bits per heavy atom. The van der Waals surface area contributed by atoms with Gasteiger partial charge in [-0.1, -0.05) is 20.8 Å². The summed E-state index contributed by atoms with van der Waals surface area (Å²) < 4.78 is 5.88. The summed E-state index contributed by atoms with van der Waals surface area (Å²) in [5.74, 6) is 1.10. The first-order valence-corrected chi connectivity index (χ1v) is 7.62. The highest BCUT2D eigenvalue weighted by atomic mass is 16.5. The Balaban J connectivity index is 0.00000147. The van der Waals surface area contributed by atoms with Crippen LogP contribution in [0.1, 0.15) is 38.3 Å². The number of hydrogen-bond donors (Lipinski definition) is 1. The standard InChI is InChI=1S/C16H24N2O.CH4/c1-2-3-8-18-9-10-19-16-12-14-5-7-17-6-4-13(14)11-15(16)18;/h11-12,17H,2-10H2,1H3;1H4. The molecule has 112 valence electrons. The van der Waals surface area contributed by atoms with Crippen molar-refractivity contribution in [2.75, 3.05) is 37.7 Å². The molecule has 0 spiro atoms. The molecule has 0 bridgehead atoms. The van der Waals surface area contributed by atoms with Crippen LogP contribution < -0.4 is 15.0 Å². The van der Waals surface area contributed by atoms with E-state index in [4.69, 9.17) is 4.74 Å². The maximum Gasteiger partial charge on any atom is 0.142 e. The highest BCUT2D eigenvalue weighted by Gasteiger charge is 2.20. The average molecular weight is 276 g/mol. The molecule has 0 radical (unpaired) electrons. The summed E-state index contributed by atoms with van der Waals surface area (Å²) in [6.07, 6.45) is 4.78. The minimum atomic E-state index is 0. The zero-order valence-corrected chi connectivity index (χ0v) is 11.9. The largest absolute Gasteiger partial charge is 0.490 e. The predicted octanol–water partition coefficient (Wildman–Crippen LogP) is 3.01. The van der Waals surface area contributed by atoms with E-state index in [1.807, 2.05) is 0 Å². The zero-order valence-electron chi connectivity index (χ0n) is 11.9. The van der Waals surface area contributed by atoms with Gasteiger partial charge in [-0.2, -0.15) is 0 Å². The summed E-state index contributed by atoms with van der Waals surface area (Å²) >= 11 is 0. The molecule has 20 heavy (non-hydrogen) atoms. The minimum absolute atomic E-state index is 0. The molecule has 2 aliphatic rings. The topological polar surface area (TPSA) is 24.5 Å². The summed E-state index contributed by atoms with van der Waals surface area (Å²) in [6, 6.07) is 4.67. The molecule has 0 saturated heterocycles. The van der Waals surface area contributed by atoms with Gasteiger partial charge in [0.05, 0.1) is 12.2 Å². The molecule has 0 fully saturated rings. The van der Waals surface area contributed by atoms with E-state index in [1.54, 1.807) is 0 Å². The fourth-order valence-corrected chi connectivity index (χ4v) is 3.02. The van der Waals surface area contributed by atoms with Gasteiger partial charge < -0.3 is 15.0 Å². The summed E-state index contributed by atoms with van der Waals surface area (Å²) in [6.45, 7) is 7.46. The van der Waals surface area contributed by atoms with E-state index in [9.17, 15) is 0 Å². The van der Waals surface area contributed by atoms with Crippen LogP contribution in [-0.4, -0.2) is 32.8 Å². The van der Waals surface area contributed by atoms with E-state index in [1.165, 1.54) is 29.7 Å². The van der Waals surface area contributed by atoms with Gasteiger partial charge in [-0.05, 0) is 55.6 Å². The SMILES string of the molecule is C.CCCCN1CCOc2cc3c(cc21)CCNCC3. The molecule has 1 aromatic rings. The van der Waals surface area contributed by atoms with Gasteiger partial charge in [0.1, 0.15) is 12.4 Å². The molecular weight excluding hydrogens is 248 g/mol. The third-order valence-corrected chi connectivity index (χ3v) is 4.16. The van der Waals surface area contributed by atoms with Crippen molar-refractivity contribution in [2.24, 2.45) is 0 Å². The van der Waals surface area contributed by atoms with Crippen molar-refractivity contribution < 1.29 is 4.74 Å². The Bertz CT molecular complexity index is 445. The van der Waals surface area contributed by atoms with E-state index in [-0.39, 0.29) is 7.43 Å². The maximum atomic E-state index is 5.88. The van der Waals surface area contributed by atoms with Crippen LogP contribution in [-0.2, 0) is 12.8 Å². The summed E-state index contributed by atoms with van der Waals surface area (Å²) in [7, 11) is 0. The molecule has 0 aliphatic carbocycles. The van der Waals surface area contributed by atoms with Gasteiger partial charge in [0.15, 0.2) is 0 Å². The van der Waals surface area contributed by atoms with Crippen molar-refractivity contribution >= 4 is 5.69 Å². The van der Waals surface area contributed by atoms with Crippen molar-refractivity contribution in [3.05, 3.63) is 23.3 Å². The van der Waals surface area contributed by atoms with Gasteiger partial charge in [0.2, 0.25) is 0 Å². The number of ether oxygens (including phenoxy) is 1. The molecular formula is C17H28N2O. The molecule has 1 aromatic carbocycles. The van der Waals surface area contributed by atoms with Gasteiger partial charge in [0.25, 0.3) is 0 Å². The van der Waals surface area contributed by atoms with E-state index < -0.39 is 0 Å². The van der Waals surface area contributed by atoms with Crippen molar-refractivity contribution in [3.8, 4) is 5.75 Å².